The van der Waals surface area contributed by atoms with Crippen molar-refractivity contribution in [1.29, 1.82) is 0 Å². The number of aromatic nitrogens is 3. The van der Waals surface area contributed by atoms with Crippen molar-refractivity contribution < 1.29 is 0 Å². The highest BCUT2D eigenvalue weighted by Gasteiger charge is 2.13. The van der Waals surface area contributed by atoms with Crippen LogP contribution in [-0.2, 0) is 6.54 Å². The standard InChI is InChI=1S/C16H18N4S/c1-2-9-20(10-3-1)11-12-6-7-14(21-12)16-18-13-5-4-8-17-15(13)19-16/h4-8H,1-3,9-11H2,(H,17,18,19). The fourth-order valence-electron chi connectivity index (χ4n) is 2.89. The first kappa shape index (κ1) is 13.0. The van der Waals surface area contributed by atoms with Gasteiger partial charge in [-0.2, -0.15) is 0 Å². The molecule has 0 aromatic carbocycles. The molecule has 4 rings (SSSR count). The number of likely N-dealkylation sites (tertiary alicyclic amines) is 1. The first-order chi connectivity index (χ1) is 10.4. The smallest absolute Gasteiger partial charge is 0.178 e. The maximum atomic E-state index is 4.57. The summed E-state index contributed by atoms with van der Waals surface area (Å²) in [5, 5.41) is 0. The van der Waals surface area contributed by atoms with Crippen molar-refractivity contribution in [2.45, 2.75) is 25.8 Å². The minimum atomic E-state index is 0.790. The quantitative estimate of drug-likeness (QED) is 0.802. The molecular formula is C16H18N4S. The Bertz CT molecular complexity index is 706. The van der Waals surface area contributed by atoms with Crippen LogP contribution in [0.15, 0.2) is 30.5 Å². The number of nitrogens with one attached hydrogen (secondary N) is 1. The number of hydrogen-bond acceptors (Lipinski definition) is 4. The summed E-state index contributed by atoms with van der Waals surface area (Å²) in [6, 6.07) is 8.35. The normalized spacial score (nSPS) is 16.6. The van der Waals surface area contributed by atoms with E-state index in [1.165, 1.54) is 42.1 Å². The number of pyridine rings is 1. The highest BCUT2D eigenvalue weighted by molar-refractivity contribution is 7.15. The molecule has 4 nitrogen and oxygen atoms in total. The lowest BCUT2D eigenvalue weighted by atomic mass is 10.1. The van der Waals surface area contributed by atoms with E-state index in [0.29, 0.717) is 0 Å². The molecule has 0 bridgehead atoms. The first-order valence-corrected chi connectivity index (χ1v) is 8.32. The molecular weight excluding hydrogens is 280 g/mol. The second-order valence-corrected chi connectivity index (χ2v) is 6.73. The Labute approximate surface area is 127 Å². The van der Waals surface area contributed by atoms with Crippen molar-refractivity contribution in [3.63, 3.8) is 0 Å². The Hall–Kier alpha value is -1.72. The van der Waals surface area contributed by atoms with Crippen molar-refractivity contribution in [1.82, 2.24) is 19.9 Å². The number of H-pyrrole nitrogens is 1. The van der Waals surface area contributed by atoms with Gasteiger partial charge in [-0.25, -0.2) is 9.97 Å². The molecule has 0 radical (unpaired) electrons. The number of hydrogen-bond donors (Lipinski definition) is 1. The zero-order valence-electron chi connectivity index (χ0n) is 11.9. The van der Waals surface area contributed by atoms with Gasteiger partial charge in [0, 0.05) is 17.6 Å². The summed E-state index contributed by atoms with van der Waals surface area (Å²) in [4.78, 5) is 17.4. The van der Waals surface area contributed by atoms with Crippen LogP contribution in [0.25, 0.3) is 21.9 Å². The molecule has 1 fully saturated rings. The molecule has 3 aromatic heterocycles. The third-order valence-electron chi connectivity index (χ3n) is 3.98. The van der Waals surface area contributed by atoms with Crippen molar-refractivity contribution in [2.75, 3.05) is 13.1 Å². The van der Waals surface area contributed by atoms with Crippen LogP contribution in [0.1, 0.15) is 24.1 Å². The van der Waals surface area contributed by atoms with Crippen LogP contribution >= 0.6 is 11.3 Å². The topological polar surface area (TPSA) is 44.8 Å². The molecule has 21 heavy (non-hydrogen) atoms. The van der Waals surface area contributed by atoms with Crippen LogP contribution in [0.2, 0.25) is 0 Å². The van der Waals surface area contributed by atoms with E-state index >= 15 is 0 Å². The van der Waals surface area contributed by atoms with Gasteiger partial charge in [-0.1, -0.05) is 6.42 Å². The molecule has 0 aliphatic carbocycles. The van der Waals surface area contributed by atoms with Gasteiger partial charge in [0.2, 0.25) is 0 Å². The van der Waals surface area contributed by atoms with Crippen LogP contribution < -0.4 is 0 Å². The van der Waals surface area contributed by atoms with E-state index in [9.17, 15) is 0 Å². The summed E-state index contributed by atoms with van der Waals surface area (Å²) in [6.45, 7) is 3.55. The van der Waals surface area contributed by atoms with E-state index in [1.807, 2.05) is 23.5 Å². The molecule has 1 aliphatic heterocycles. The lowest BCUT2D eigenvalue weighted by Gasteiger charge is -2.25. The molecule has 108 valence electrons. The molecule has 0 spiro atoms. The number of thiophene rings is 1. The second-order valence-electron chi connectivity index (χ2n) is 5.56. The van der Waals surface area contributed by atoms with Gasteiger partial charge in [0.25, 0.3) is 0 Å². The van der Waals surface area contributed by atoms with E-state index in [-0.39, 0.29) is 0 Å². The Kier molecular flexibility index (Phi) is 3.45. The van der Waals surface area contributed by atoms with Gasteiger partial charge in [0.15, 0.2) is 11.5 Å². The molecule has 0 atom stereocenters. The van der Waals surface area contributed by atoms with E-state index < -0.39 is 0 Å². The maximum absolute atomic E-state index is 4.57. The van der Waals surface area contributed by atoms with E-state index in [2.05, 4.69) is 32.0 Å². The van der Waals surface area contributed by atoms with Crippen molar-refractivity contribution in [3.8, 4) is 10.7 Å². The molecule has 3 aromatic rings. The summed E-state index contributed by atoms with van der Waals surface area (Å²) in [5.41, 5.74) is 1.79. The molecule has 1 aliphatic rings. The zero-order valence-corrected chi connectivity index (χ0v) is 12.7. The van der Waals surface area contributed by atoms with Crippen molar-refractivity contribution in [2.24, 2.45) is 0 Å². The lowest BCUT2D eigenvalue weighted by molar-refractivity contribution is 0.222. The number of imidazole rings is 1. The van der Waals surface area contributed by atoms with Gasteiger partial charge < -0.3 is 4.98 Å². The van der Waals surface area contributed by atoms with Gasteiger partial charge in [-0.3, -0.25) is 4.90 Å². The summed E-state index contributed by atoms with van der Waals surface area (Å²) < 4.78 is 0. The molecule has 0 amide bonds. The second kappa shape index (κ2) is 5.58. The summed E-state index contributed by atoms with van der Waals surface area (Å²) in [6.07, 6.45) is 5.85. The van der Waals surface area contributed by atoms with Crippen LogP contribution in [-0.4, -0.2) is 32.9 Å². The van der Waals surface area contributed by atoms with E-state index in [4.69, 9.17) is 0 Å². The highest BCUT2D eigenvalue weighted by atomic mass is 32.1. The molecule has 5 heteroatoms. The third-order valence-corrected chi connectivity index (χ3v) is 5.06. The number of piperidine rings is 1. The number of nitrogens with zero attached hydrogens (tertiary/aromatic N) is 3. The lowest BCUT2D eigenvalue weighted by Crippen LogP contribution is -2.28. The fraction of sp³-hybridized carbons (Fsp3) is 0.375. The predicted molar refractivity (Wildman–Crippen MR) is 86.3 cm³/mol. The van der Waals surface area contributed by atoms with Gasteiger partial charge in [0.1, 0.15) is 0 Å². The molecule has 0 unspecified atom stereocenters. The van der Waals surface area contributed by atoms with E-state index in [1.54, 1.807) is 6.20 Å². The first-order valence-electron chi connectivity index (χ1n) is 7.51. The number of aromatic amines is 1. The summed E-state index contributed by atoms with van der Waals surface area (Å²) in [7, 11) is 0. The van der Waals surface area contributed by atoms with Crippen molar-refractivity contribution in [3.05, 3.63) is 35.3 Å². The van der Waals surface area contributed by atoms with Gasteiger partial charge in [0.05, 0.1) is 10.4 Å². The van der Waals surface area contributed by atoms with Crippen LogP contribution in [0.5, 0.6) is 0 Å². The maximum Gasteiger partial charge on any atom is 0.178 e. The monoisotopic (exact) mass is 298 g/mol. The number of rotatable bonds is 3. The largest absolute Gasteiger partial charge is 0.336 e. The molecule has 0 saturated carbocycles. The minimum Gasteiger partial charge on any atom is -0.336 e. The number of fused-ring (bicyclic) bond motifs is 1. The molecule has 1 N–H and O–H groups in total. The summed E-state index contributed by atoms with van der Waals surface area (Å²) >= 11 is 1.83. The van der Waals surface area contributed by atoms with Crippen LogP contribution in [0, 0.1) is 0 Å². The van der Waals surface area contributed by atoms with Crippen molar-refractivity contribution >= 4 is 22.5 Å². The highest BCUT2D eigenvalue weighted by Crippen LogP contribution is 2.28. The molecule has 4 heterocycles. The van der Waals surface area contributed by atoms with Crippen LogP contribution in [0.3, 0.4) is 0 Å². The zero-order chi connectivity index (χ0) is 14.1. The minimum absolute atomic E-state index is 0.790. The average molecular weight is 298 g/mol. The van der Waals surface area contributed by atoms with Crippen LogP contribution in [0.4, 0.5) is 0 Å². The van der Waals surface area contributed by atoms with Gasteiger partial charge in [-0.05, 0) is 50.2 Å². The Balaban J connectivity index is 1.55. The Morgan fingerprint density at radius 2 is 2.05 bits per heavy atom. The van der Waals surface area contributed by atoms with Gasteiger partial charge >= 0.3 is 0 Å². The van der Waals surface area contributed by atoms with E-state index in [0.717, 1.165) is 23.5 Å². The summed E-state index contributed by atoms with van der Waals surface area (Å²) in [5.74, 6) is 0.929. The Morgan fingerprint density at radius 1 is 1.14 bits per heavy atom. The average Bonchev–Trinajstić information content (AvgIpc) is 3.14. The fourth-order valence-corrected chi connectivity index (χ4v) is 3.88. The third kappa shape index (κ3) is 2.71. The molecule has 1 saturated heterocycles. The van der Waals surface area contributed by atoms with Gasteiger partial charge in [-0.15, -0.1) is 11.3 Å². The Morgan fingerprint density at radius 3 is 2.90 bits per heavy atom. The SMILES string of the molecule is c1cnc2nc(-c3ccc(CN4CCCCC4)s3)[nH]c2c1. The predicted octanol–water partition coefficient (Wildman–Crippen LogP) is 3.67.